The third kappa shape index (κ3) is 5.26. The van der Waals surface area contributed by atoms with Crippen LogP contribution in [-0.4, -0.2) is 48.6 Å². The van der Waals surface area contributed by atoms with Crippen LogP contribution in [-0.2, 0) is 23.8 Å². The zero-order chi connectivity index (χ0) is 19.5. The minimum atomic E-state index is -0.245. The molecule has 28 heavy (non-hydrogen) atoms. The molecule has 0 spiro atoms. The number of aliphatic hydroxyl groups is 1. The van der Waals surface area contributed by atoms with Gasteiger partial charge in [0, 0.05) is 0 Å². The second-order valence-electron chi connectivity index (χ2n) is 9.39. The van der Waals surface area contributed by atoms with E-state index in [4.69, 9.17) is 14.2 Å². The van der Waals surface area contributed by atoms with Gasteiger partial charge in [0.05, 0.1) is 43.4 Å². The molecule has 4 aliphatic rings. The van der Waals surface area contributed by atoms with Crippen LogP contribution in [0.3, 0.4) is 0 Å². The van der Waals surface area contributed by atoms with Gasteiger partial charge in [0.15, 0.2) is 0 Å². The molecule has 0 aromatic heterocycles. The number of ether oxygens (including phenoxy) is 3. The van der Waals surface area contributed by atoms with Crippen molar-refractivity contribution in [1.82, 2.24) is 0 Å². The van der Waals surface area contributed by atoms with E-state index in [0.29, 0.717) is 57.0 Å². The summed E-state index contributed by atoms with van der Waals surface area (Å²) in [6, 6.07) is 0. The van der Waals surface area contributed by atoms with Gasteiger partial charge < -0.3 is 19.3 Å². The van der Waals surface area contributed by atoms with Gasteiger partial charge in [-0.3, -0.25) is 9.59 Å². The summed E-state index contributed by atoms with van der Waals surface area (Å²) in [7, 11) is 0. The van der Waals surface area contributed by atoms with Gasteiger partial charge in [-0.2, -0.15) is 0 Å². The van der Waals surface area contributed by atoms with E-state index in [0.717, 1.165) is 44.9 Å². The van der Waals surface area contributed by atoms with Crippen LogP contribution in [0.25, 0.3) is 0 Å². The molecule has 1 saturated heterocycles. The van der Waals surface area contributed by atoms with Crippen molar-refractivity contribution in [3.05, 3.63) is 0 Å². The van der Waals surface area contributed by atoms with Crippen molar-refractivity contribution in [3.63, 3.8) is 0 Å². The third-order valence-corrected chi connectivity index (χ3v) is 7.18. The molecule has 6 nitrogen and oxygen atoms in total. The van der Waals surface area contributed by atoms with Crippen molar-refractivity contribution < 1.29 is 28.9 Å². The number of hydrogen-bond donors (Lipinski definition) is 1. The van der Waals surface area contributed by atoms with Crippen LogP contribution in [0, 0.1) is 23.7 Å². The summed E-state index contributed by atoms with van der Waals surface area (Å²) in [4.78, 5) is 24.7. The van der Waals surface area contributed by atoms with Crippen LogP contribution < -0.4 is 0 Å². The van der Waals surface area contributed by atoms with E-state index < -0.39 is 0 Å². The van der Waals surface area contributed by atoms with Gasteiger partial charge in [0.1, 0.15) is 0 Å². The molecule has 4 fully saturated rings. The smallest absolute Gasteiger partial charge is 0.308 e. The normalized spacial score (nSPS) is 40.2. The van der Waals surface area contributed by atoms with Gasteiger partial charge >= 0.3 is 11.9 Å². The average Bonchev–Trinajstić information content (AvgIpc) is 3.49. The number of hydrogen-bond acceptors (Lipinski definition) is 6. The van der Waals surface area contributed by atoms with Crippen molar-refractivity contribution in [3.8, 4) is 0 Å². The summed E-state index contributed by atoms with van der Waals surface area (Å²) in [6.45, 7) is 0.936. The van der Waals surface area contributed by atoms with E-state index in [9.17, 15) is 14.7 Å². The maximum atomic E-state index is 12.4. The predicted octanol–water partition coefficient (Wildman–Crippen LogP) is 3.00. The standard InChI is InChI=1S/C22H34O6/c23-18-3-1-2-14(10-18)12-26-21(24)16-5-7-17(8-6-16)22(25)27-13-15-4-9-19-20(11-15)28-19/h14-20,23H,1-13H2. The van der Waals surface area contributed by atoms with Gasteiger partial charge in [-0.15, -0.1) is 0 Å². The summed E-state index contributed by atoms with van der Waals surface area (Å²) >= 11 is 0. The lowest BCUT2D eigenvalue weighted by atomic mass is 9.82. The summed E-state index contributed by atoms with van der Waals surface area (Å²) in [5.74, 6) is 0.327. The highest BCUT2D eigenvalue weighted by atomic mass is 16.6. The topological polar surface area (TPSA) is 85.4 Å². The summed E-state index contributed by atoms with van der Waals surface area (Å²) in [5.41, 5.74) is 0. The summed E-state index contributed by atoms with van der Waals surface area (Å²) in [5, 5.41) is 9.73. The lowest BCUT2D eigenvalue weighted by Gasteiger charge is -2.28. The first-order valence-electron chi connectivity index (χ1n) is 11.2. The second-order valence-corrected chi connectivity index (χ2v) is 9.39. The number of fused-ring (bicyclic) bond motifs is 1. The zero-order valence-corrected chi connectivity index (χ0v) is 16.7. The van der Waals surface area contributed by atoms with Crippen molar-refractivity contribution in [1.29, 1.82) is 0 Å². The van der Waals surface area contributed by atoms with Crippen LogP contribution >= 0.6 is 0 Å². The highest BCUT2D eigenvalue weighted by Gasteiger charge is 2.44. The molecule has 0 aromatic carbocycles. The Kier molecular flexibility index (Phi) is 6.56. The molecule has 0 amide bonds. The van der Waals surface area contributed by atoms with Gasteiger partial charge in [-0.25, -0.2) is 0 Å². The van der Waals surface area contributed by atoms with E-state index >= 15 is 0 Å². The molecule has 5 atom stereocenters. The maximum absolute atomic E-state index is 12.4. The van der Waals surface area contributed by atoms with Crippen LogP contribution in [0.2, 0.25) is 0 Å². The van der Waals surface area contributed by atoms with Crippen LogP contribution in [0.1, 0.15) is 70.6 Å². The van der Waals surface area contributed by atoms with Crippen molar-refractivity contribution in [2.75, 3.05) is 13.2 Å². The molecular formula is C22H34O6. The number of aliphatic hydroxyl groups excluding tert-OH is 1. The monoisotopic (exact) mass is 394 g/mol. The average molecular weight is 395 g/mol. The van der Waals surface area contributed by atoms with Crippen molar-refractivity contribution in [2.24, 2.45) is 23.7 Å². The Morgan fingerprint density at radius 1 is 0.750 bits per heavy atom. The van der Waals surface area contributed by atoms with Crippen LogP contribution in [0.4, 0.5) is 0 Å². The van der Waals surface area contributed by atoms with Crippen LogP contribution in [0.15, 0.2) is 0 Å². The van der Waals surface area contributed by atoms with E-state index in [-0.39, 0.29) is 35.8 Å². The molecule has 0 bridgehead atoms. The Labute approximate surface area is 167 Å². The molecule has 1 N–H and O–H groups in total. The molecule has 3 aliphatic carbocycles. The lowest BCUT2D eigenvalue weighted by molar-refractivity contribution is -0.157. The fraction of sp³-hybridized carbons (Fsp3) is 0.909. The largest absolute Gasteiger partial charge is 0.465 e. The first-order chi connectivity index (χ1) is 13.6. The molecule has 3 saturated carbocycles. The van der Waals surface area contributed by atoms with E-state index in [1.54, 1.807) is 0 Å². The Hall–Kier alpha value is -1.14. The van der Waals surface area contributed by atoms with Crippen molar-refractivity contribution in [2.45, 2.75) is 88.9 Å². The van der Waals surface area contributed by atoms with E-state index in [1.165, 1.54) is 0 Å². The van der Waals surface area contributed by atoms with Gasteiger partial charge in [0.2, 0.25) is 0 Å². The van der Waals surface area contributed by atoms with E-state index in [2.05, 4.69) is 0 Å². The molecule has 0 aromatic rings. The minimum Gasteiger partial charge on any atom is -0.465 e. The molecular weight excluding hydrogens is 360 g/mol. The molecule has 5 unspecified atom stereocenters. The lowest BCUT2D eigenvalue weighted by Crippen LogP contribution is -2.31. The summed E-state index contributed by atoms with van der Waals surface area (Å²) in [6.07, 6.45) is 10.3. The minimum absolute atomic E-state index is 0.0777. The fourth-order valence-electron chi connectivity index (χ4n) is 5.25. The van der Waals surface area contributed by atoms with Crippen molar-refractivity contribution >= 4 is 11.9 Å². The van der Waals surface area contributed by atoms with Gasteiger partial charge in [0.25, 0.3) is 0 Å². The number of carbonyl (C=O) groups is 2. The molecule has 4 rings (SSSR count). The van der Waals surface area contributed by atoms with Gasteiger partial charge in [-0.1, -0.05) is 6.42 Å². The number of carbonyl (C=O) groups excluding carboxylic acids is 2. The third-order valence-electron chi connectivity index (χ3n) is 7.18. The molecule has 158 valence electrons. The Balaban J connectivity index is 1.11. The number of rotatable bonds is 6. The van der Waals surface area contributed by atoms with Crippen LogP contribution in [0.5, 0.6) is 0 Å². The first kappa shape index (κ1) is 20.1. The highest BCUT2D eigenvalue weighted by molar-refractivity contribution is 5.75. The van der Waals surface area contributed by atoms with Gasteiger partial charge in [-0.05, 0) is 76.0 Å². The Morgan fingerprint density at radius 2 is 1.36 bits per heavy atom. The molecule has 1 heterocycles. The second kappa shape index (κ2) is 9.12. The molecule has 0 radical (unpaired) electrons. The zero-order valence-electron chi connectivity index (χ0n) is 16.7. The number of epoxide rings is 1. The van der Waals surface area contributed by atoms with E-state index in [1.807, 2.05) is 0 Å². The SMILES string of the molecule is O=C(OCC1CCCC(O)C1)C1CCC(C(=O)OCC2CCC3OC3C2)CC1. The Bertz CT molecular complexity index is 525. The Morgan fingerprint density at radius 3 is 1.93 bits per heavy atom. The highest BCUT2D eigenvalue weighted by Crippen LogP contribution is 2.39. The fourth-order valence-corrected chi connectivity index (χ4v) is 5.25. The number of esters is 2. The first-order valence-corrected chi connectivity index (χ1v) is 11.2. The maximum Gasteiger partial charge on any atom is 0.308 e. The summed E-state index contributed by atoms with van der Waals surface area (Å²) < 4.78 is 16.6. The molecule has 1 aliphatic heterocycles. The predicted molar refractivity (Wildman–Crippen MR) is 101 cm³/mol. The quantitative estimate of drug-likeness (QED) is 0.551. The molecule has 6 heteroatoms.